The number of aromatic nitrogens is 1. The summed E-state index contributed by atoms with van der Waals surface area (Å²) in [4.78, 5) is 12.2. The first-order chi connectivity index (χ1) is 11.0. The van der Waals surface area contributed by atoms with Crippen LogP contribution in [0.2, 0.25) is 0 Å². The minimum absolute atomic E-state index is 0.213. The van der Waals surface area contributed by atoms with Crippen LogP contribution in [0.5, 0.6) is 5.75 Å². The number of hydrogen-bond donors (Lipinski definition) is 1. The Morgan fingerprint density at radius 1 is 1.30 bits per heavy atom. The molecule has 1 heterocycles. The largest absolute Gasteiger partial charge is 0.488 e. The number of carbonyl (C=O) groups is 1. The minimum Gasteiger partial charge on any atom is -0.488 e. The Hall–Kier alpha value is -2.30. The van der Waals surface area contributed by atoms with Gasteiger partial charge in [-0.2, -0.15) is 0 Å². The highest BCUT2D eigenvalue weighted by Gasteiger charge is 2.20. The number of unbranched alkanes of at least 4 members (excludes halogenated alkanes) is 1. The van der Waals surface area contributed by atoms with E-state index in [2.05, 4.69) is 17.4 Å². The summed E-state index contributed by atoms with van der Waals surface area (Å²) < 4.78 is 11.1. The summed E-state index contributed by atoms with van der Waals surface area (Å²) in [5.41, 5.74) is 3.19. The van der Waals surface area contributed by atoms with Crippen LogP contribution < -0.4 is 10.1 Å². The molecule has 1 aromatic heterocycles. The van der Waals surface area contributed by atoms with Crippen molar-refractivity contribution in [2.24, 2.45) is 0 Å². The van der Waals surface area contributed by atoms with E-state index in [-0.39, 0.29) is 12.5 Å². The standard InChI is InChI=1S/C18H24N2O3/c1-5-6-9-19-18(21)17-15(14(4)23-20-17)11-22-16-10-12(2)7-8-13(16)3/h7-8,10H,5-6,9,11H2,1-4H3,(H,19,21). The Bertz CT molecular complexity index is 677. The van der Waals surface area contributed by atoms with Crippen LogP contribution in [0.15, 0.2) is 22.7 Å². The van der Waals surface area contributed by atoms with Gasteiger partial charge in [-0.05, 0) is 44.4 Å². The average molecular weight is 316 g/mol. The fourth-order valence-corrected chi connectivity index (χ4v) is 2.21. The van der Waals surface area contributed by atoms with E-state index in [0.717, 1.165) is 29.7 Å². The molecular weight excluding hydrogens is 292 g/mol. The van der Waals surface area contributed by atoms with Crippen molar-refractivity contribution in [3.05, 3.63) is 46.3 Å². The van der Waals surface area contributed by atoms with E-state index in [1.165, 1.54) is 0 Å². The lowest BCUT2D eigenvalue weighted by atomic mass is 10.1. The maximum atomic E-state index is 12.2. The number of carbonyl (C=O) groups excluding carboxylic acids is 1. The number of hydrogen-bond acceptors (Lipinski definition) is 4. The maximum Gasteiger partial charge on any atom is 0.273 e. The monoisotopic (exact) mass is 316 g/mol. The highest BCUT2D eigenvalue weighted by atomic mass is 16.5. The molecule has 0 radical (unpaired) electrons. The number of benzene rings is 1. The molecule has 2 rings (SSSR count). The molecule has 5 heteroatoms. The highest BCUT2D eigenvalue weighted by molar-refractivity contribution is 5.93. The number of ether oxygens (including phenoxy) is 1. The summed E-state index contributed by atoms with van der Waals surface area (Å²) in [5, 5.41) is 6.73. The first-order valence-electron chi connectivity index (χ1n) is 7.96. The SMILES string of the molecule is CCCCNC(=O)c1noc(C)c1COc1cc(C)ccc1C. The van der Waals surface area contributed by atoms with Crippen molar-refractivity contribution in [1.82, 2.24) is 10.5 Å². The zero-order valence-corrected chi connectivity index (χ0v) is 14.2. The molecule has 124 valence electrons. The lowest BCUT2D eigenvalue weighted by Crippen LogP contribution is -2.26. The van der Waals surface area contributed by atoms with Gasteiger partial charge in [0.1, 0.15) is 18.1 Å². The number of rotatable bonds is 7. The van der Waals surface area contributed by atoms with Gasteiger partial charge >= 0.3 is 0 Å². The second kappa shape index (κ2) is 7.81. The molecule has 23 heavy (non-hydrogen) atoms. The Balaban J connectivity index is 2.09. The van der Waals surface area contributed by atoms with Crippen molar-refractivity contribution >= 4 is 5.91 Å². The predicted molar refractivity (Wildman–Crippen MR) is 88.7 cm³/mol. The van der Waals surface area contributed by atoms with E-state index < -0.39 is 0 Å². The number of nitrogens with zero attached hydrogens (tertiary/aromatic N) is 1. The smallest absolute Gasteiger partial charge is 0.273 e. The molecule has 0 saturated carbocycles. The third kappa shape index (κ3) is 4.34. The van der Waals surface area contributed by atoms with E-state index in [4.69, 9.17) is 9.26 Å². The summed E-state index contributed by atoms with van der Waals surface area (Å²) in [6.45, 7) is 8.78. The van der Waals surface area contributed by atoms with Crippen LogP contribution in [0.1, 0.15) is 52.7 Å². The Morgan fingerprint density at radius 2 is 2.09 bits per heavy atom. The van der Waals surface area contributed by atoms with Gasteiger partial charge in [0.05, 0.1) is 5.56 Å². The van der Waals surface area contributed by atoms with Crippen molar-refractivity contribution in [1.29, 1.82) is 0 Å². The fraction of sp³-hybridized carbons (Fsp3) is 0.444. The molecule has 1 N–H and O–H groups in total. The first kappa shape index (κ1) is 17.1. The molecule has 0 aliphatic heterocycles. The van der Waals surface area contributed by atoms with E-state index in [0.29, 0.717) is 23.6 Å². The van der Waals surface area contributed by atoms with E-state index in [1.54, 1.807) is 6.92 Å². The molecule has 2 aromatic rings. The third-order valence-electron chi connectivity index (χ3n) is 3.73. The summed E-state index contributed by atoms with van der Waals surface area (Å²) in [7, 11) is 0. The molecule has 0 saturated heterocycles. The van der Waals surface area contributed by atoms with Gasteiger partial charge in [-0.3, -0.25) is 4.79 Å². The van der Waals surface area contributed by atoms with Crippen LogP contribution in [0.25, 0.3) is 0 Å². The second-order valence-corrected chi connectivity index (χ2v) is 5.73. The number of nitrogens with one attached hydrogen (secondary N) is 1. The predicted octanol–water partition coefficient (Wildman–Crippen LogP) is 3.71. The fourth-order valence-electron chi connectivity index (χ4n) is 2.21. The van der Waals surface area contributed by atoms with Gasteiger partial charge in [-0.1, -0.05) is 30.6 Å². The normalized spacial score (nSPS) is 10.6. The molecule has 1 amide bonds. The van der Waals surface area contributed by atoms with Gasteiger partial charge in [0, 0.05) is 6.54 Å². The molecule has 0 aliphatic carbocycles. The van der Waals surface area contributed by atoms with Crippen LogP contribution in [0, 0.1) is 20.8 Å². The molecule has 0 unspecified atom stereocenters. The van der Waals surface area contributed by atoms with Crippen molar-refractivity contribution in [3.63, 3.8) is 0 Å². The lowest BCUT2D eigenvalue weighted by molar-refractivity contribution is 0.0942. The summed E-state index contributed by atoms with van der Waals surface area (Å²) in [5.74, 6) is 1.20. The summed E-state index contributed by atoms with van der Waals surface area (Å²) in [6, 6.07) is 6.04. The Labute approximate surface area is 137 Å². The van der Waals surface area contributed by atoms with Crippen molar-refractivity contribution < 1.29 is 14.1 Å². The zero-order chi connectivity index (χ0) is 16.8. The minimum atomic E-state index is -0.213. The first-order valence-corrected chi connectivity index (χ1v) is 7.96. The van der Waals surface area contributed by atoms with Gasteiger partial charge in [-0.15, -0.1) is 0 Å². The molecule has 0 atom stereocenters. The van der Waals surface area contributed by atoms with Gasteiger partial charge in [0.15, 0.2) is 5.69 Å². The van der Waals surface area contributed by atoms with Crippen LogP contribution in [0.4, 0.5) is 0 Å². The van der Waals surface area contributed by atoms with Crippen molar-refractivity contribution in [2.75, 3.05) is 6.54 Å². The third-order valence-corrected chi connectivity index (χ3v) is 3.73. The van der Waals surface area contributed by atoms with Crippen LogP contribution in [0.3, 0.4) is 0 Å². The second-order valence-electron chi connectivity index (χ2n) is 5.73. The molecule has 0 aliphatic rings. The molecule has 0 fully saturated rings. The Morgan fingerprint density at radius 3 is 2.83 bits per heavy atom. The van der Waals surface area contributed by atoms with Crippen molar-refractivity contribution in [3.8, 4) is 5.75 Å². The molecule has 5 nitrogen and oxygen atoms in total. The topological polar surface area (TPSA) is 64.4 Å². The van der Waals surface area contributed by atoms with Crippen LogP contribution in [-0.4, -0.2) is 17.6 Å². The maximum absolute atomic E-state index is 12.2. The van der Waals surface area contributed by atoms with Gasteiger partial charge in [0.2, 0.25) is 0 Å². The highest BCUT2D eigenvalue weighted by Crippen LogP contribution is 2.22. The molecule has 0 spiro atoms. The van der Waals surface area contributed by atoms with E-state index in [9.17, 15) is 4.79 Å². The molecular formula is C18H24N2O3. The lowest BCUT2D eigenvalue weighted by Gasteiger charge is -2.10. The number of amides is 1. The van der Waals surface area contributed by atoms with Crippen LogP contribution >= 0.6 is 0 Å². The Kier molecular flexibility index (Phi) is 5.79. The van der Waals surface area contributed by atoms with Crippen molar-refractivity contribution in [2.45, 2.75) is 47.1 Å². The van der Waals surface area contributed by atoms with Gasteiger partial charge < -0.3 is 14.6 Å². The van der Waals surface area contributed by atoms with E-state index in [1.807, 2.05) is 32.0 Å². The summed E-state index contributed by atoms with van der Waals surface area (Å²) in [6.07, 6.45) is 1.97. The quantitative estimate of drug-likeness (QED) is 0.791. The molecule has 1 aromatic carbocycles. The number of aryl methyl sites for hydroxylation is 3. The molecule has 0 bridgehead atoms. The van der Waals surface area contributed by atoms with Gasteiger partial charge in [-0.25, -0.2) is 0 Å². The van der Waals surface area contributed by atoms with Crippen LogP contribution in [-0.2, 0) is 6.61 Å². The van der Waals surface area contributed by atoms with Gasteiger partial charge in [0.25, 0.3) is 5.91 Å². The van der Waals surface area contributed by atoms with E-state index >= 15 is 0 Å². The zero-order valence-electron chi connectivity index (χ0n) is 14.2. The summed E-state index contributed by atoms with van der Waals surface area (Å²) >= 11 is 0. The average Bonchev–Trinajstić information content (AvgIpc) is 2.89.